The Morgan fingerprint density at radius 3 is 2.85 bits per heavy atom. The molecule has 1 aromatic rings. The summed E-state index contributed by atoms with van der Waals surface area (Å²) < 4.78 is 11.3. The van der Waals surface area contributed by atoms with Crippen LogP contribution in [0, 0.1) is 5.92 Å². The first kappa shape index (κ1) is 15.5. The summed E-state index contributed by atoms with van der Waals surface area (Å²) in [6.45, 7) is 1.22. The molecule has 0 spiro atoms. The lowest BCUT2D eigenvalue weighted by atomic mass is 10.2. The number of hydrogen-bond acceptors (Lipinski definition) is 3. The highest BCUT2D eigenvalue weighted by molar-refractivity contribution is 7.83. The highest BCUT2D eigenvalue weighted by Crippen LogP contribution is 2.27. The maximum atomic E-state index is 11.8. The standard InChI is InChI=1S/C14H19ClN2O2S/c1-20(19)9-11-6-12(4-5-13(11)15)17-14(18)8-16-7-10-2-3-10/h4-6,10,16H,2-3,7-9H2,1H3,(H,17,18). The van der Waals surface area contributed by atoms with E-state index >= 15 is 0 Å². The van der Waals surface area contributed by atoms with Crippen molar-refractivity contribution in [3.63, 3.8) is 0 Å². The number of anilines is 1. The van der Waals surface area contributed by atoms with Gasteiger partial charge in [-0.25, -0.2) is 0 Å². The number of rotatable bonds is 7. The minimum atomic E-state index is -0.960. The van der Waals surface area contributed by atoms with Crippen LogP contribution >= 0.6 is 11.6 Å². The summed E-state index contributed by atoms with van der Waals surface area (Å²) in [4.78, 5) is 11.8. The Balaban J connectivity index is 1.87. The number of hydrogen-bond donors (Lipinski definition) is 2. The average molecular weight is 315 g/mol. The predicted molar refractivity (Wildman–Crippen MR) is 83.4 cm³/mol. The lowest BCUT2D eigenvalue weighted by Gasteiger charge is -2.09. The minimum Gasteiger partial charge on any atom is -0.325 e. The second kappa shape index (κ2) is 7.20. The van der Waals surface area contributed by atoms with Gasteiger partial charge in [0.05, 0.1) is 6.54 Å². The third-order valence-electron chi connectivity index (χ3n) is 3.10. The number of nitrogens with one attached hydrogen (secondary N) is 2. The molecule has 1 aromatic carbocycles. The number of carbonyl (C=O) groups is 1. The van der Waals surface area contributed by atoms with Crippen molar-refractivity contribution in [3.05, 3.63) is 28.8 Å². The van der Waals surface area contributed by atoms with Crippen LogP contribution in [-0.2, 0) is 21.3 Å². The summed E-state index contributed by atoms with van der Waals surface area (Å²) in [5, 5.41) is 6.53. The van der Waals surface area contributed by atoms with E-state index in [-0.39, 0.29) is 5.91 Å². The number of carbonyl (C=O) groups excluding carboxylic acids is 1. The lowest BCUT2D eigenvalue weighted by molar-refractivity contribution is -0.115. The molecule has 4 nitrogen and oxygen atoms in total. The maximum absolute atomic E-state index is 11.8. The largest absolute Gasteiger partial charge is 0.325 e. The molecule has 110 valence electrons. The monoisotopic (exact) mass is 314 g/mol. The Hall–Kier alpha value is -0.910. The molecule has 0 bridgehead atoms. The van der Waals surface area contributed by atoms with Gasteiger partial charge in [0, 0.05) is 33.5 Å². The van der Waals surface area contributed by atoms with Crippen LogP contribution in [0.5, 0.6) is 0 Å². The molecule has 1 aliphatic carbocycles. The van der Waals surface area contributed by atoms with Gasteiger partial charge in [-0.3, -0.25) is 9.00 Å². The fourth-order valence-corrected chi connectivity index (χ4v) is 2.84. The smallest absolute Gasteiger partial charge is 0.238 e. The molecule has 6 heteroatoms. The first-order chi connectivity index (χ1) is 9.54. The molecule has 2 rings (SSSR count). The topological polar surface area (TPSA) is 58.2 Å². The van der Waals surface area contributed by atoms with Crippen LogP contribution in [0.3, 0.4) is 0 Å². The van der Waals surface area contributed by atoms with Gasteiger partial charge in [-0.05, 0) is 49.1 Å². The Kier molecular flexibility index (Phi) is 5.57. The molecule has 2 N–H and O–H groups in total. The van der Waals surface area contributed by atoms with E-state index in [2.05, 4.69) is 10.6 Å². The summed E-state index contributed by atoms with van der Waals surface area (Å²) in [5.41, 5.74) is 1.48. The highest BCUT2D eigenvalue weighted by atomic mass is 35.5. The van der Waals surface area contributed by atoms with Crippen molar-refractivity contribution >= 4 is 34.0 Å². The van der Waals surface area contributed by atoms with Gasteiger partial charge in [0.2, 0.25) is 5.91 Å². The molecule has 0 aromatic heterocycles. The average Bonchev–Trinajstić information content (AvgIpc) is 3.17. The van der Waals surface area contributed by atoms with Crippen molar-refractivity contribution in [1.29, 1.82) is 0 Å². The number of benzene rings is 1. The fraction of sp³-hybridized carbons (Fsp3) is 0.500. The summed E-state index contributed by atoms with van der Waals surface area (Å²) in [7, 11) is -0.960. The van der Waals surface area contributed by atoms with Crippen molar-refractivity contribution in [2.24, 2.45) is 5.92 Å². The van der Waals surface area contributed by atoms with Gasteiger partial charge in [0.1, 0.15) is 0 Å². The molecule has 1 unspecified atom stereocenters. The molecule has 1 saturated carbocycles. The quantitative estimate of drug-likeness (QED) is 0.811. The fourth-order valence-electron chi connectivity index (χ4n) is 1.90. The third-order valence-corrected chi connectivity index (χ3v) is 4.19. The number of halogens is 1. The molecule has 1 atom stereocenters. The van der Waals surface area contributed by atoms with Crippen molar-refractivity contribution in [1.82, 2.24) is 5.32 Å². The van der Waals surface area contributed by atoms with Crippen molar-refractivity contribution in [2.45, 2.75) is 18.6 Å². The predicted octanol–water partition coefficient (Wildman–Crippen LogP) is 2.16. The van der Waals surface area contributed by atoms with Crippen LogP contribution < -0.4 is 10.6 Å². The molecule has 0 heterocycles. The first-order valence-corrected chi connectivity index (χ1v) is 8.74. The van der Waals surface area contributed by atoms with E-state index in [0.29, 0.717) is 23.0 Å². The number of amides is 1. The Morgan fingerprint density at radius 1 is 1.45 bits per heavy atom. The van der Waals surface area contributed by atoms with Crippen LogP contribution in [0.25, 0.3) is 0 Å². The highest BCUT2D eigenvalue weighted by Gasteiger charge is 2.20. The summed E-state index contributed by atoms with van der Waals surface area (Å²) in [5.74, 6) is 1.07. The summed E-state index contributed by atoms with van der Waals surface area (Å²) >= 11 is 6.04. The van der Waals surface area contributed by atoms with E-state index in [1.807, 2.05) is 0 Å². The van der Waals surface area contributed by atoms with Crippen molar-refractivity contribution in [2.75, 3.05) is 24.7 Å². The molecule has 20 heavy (non-hydrogen) atoms. The Morgan fingerprint density at radius 2 is 2.20 bits per heavy atom. The van der Waals surface area contributed by atoms with Crippen molar-refractivity contribution < 1.29 is 9.00 Å². The zero-order chi connectivity index (χ0) is 14.5. The van der Waals surface area contributed by atoms with Gasteiger partial charge in [0.15, 0.2) is 0 Å². The molecule has 1 amide bonds. The van der Waals surface area contributed by atoms with Gasteiger partial charge in [-0.2, -0.15) is 0 Å². The van der Waals surface area contributed by atoms with Gasteiger partial charge in [-0.1, -0.05) is 11.6 Å². The van der Waals surface area contributed by atoms with E-state index in [1.165, 1.54) is 12.8 Å². The van der Waals surface area contributed by atoms with E-state index in [0.717, 1.165) is 18.0 Å². The molecule has 0 radical (unpaired) electrons. The third kappa shape index (κ3) is 5.23. The minimum absolute atomic E-state index is 0.0726. The van der Waals surface area contributed by atoms with Gasteiger partial charge in [0.25, 0.3) is 0 Å². The van der Waals surface area contributed by atoms with Crippen LogP contribution in [0.1, 0.15) is 18.4 Å². The zero-order valence-electron chi connectivity index (χ0n) is 11.4. The molecular formula is C14H19ClN2O2S. The SMILES string of the molecule is CS(=O)Cc1cc(NC(=O)CNCC2CC2)ccc1Cl. The molecule has 0 aliphatic heterocycles. The molecule has 1 aliphatic rings. The van der Waals surface area contributed by atoms with E-state index in [9.17, 15) is 9.00 Å². The van der Waals surface area contributed by atoms with Crippen LogP contribution in [0.15, 0.2) is 18.2 Å². The van der Waals surface area contributed by atoms with Crippen molar-refractivity contribution in [3.8, 4) is 0 Å². The maximum Gasteiger partial charge on any atom is 0.238 e. The zero-order valence-corrected chi connectivity index (χ0v) is 13.0. The normalized spacial score (nSPS) is 15.9. The second-order valence-electron chi connectivity index (χ2n) is 5.15. The van der Waals surface area contributed by atoms with Crippen LogP contribution in [-0.4, -0.2) is 29.5 Å². The molecular weight excluding hydrogens is 296 g/mol. The molecule has 1 fully saturated rings. The lowest BCUT2D eigenvalue weighted by Crippen LogP contribution is -2.29. The summed E-state index contributed by atoms with van der Waals surface area (Å²) in [6, 6.07) is 5.25. The Bertz CT molecular complexity index is 518. The van der Waals surface area contributed by atoms with E-state index in [1.54, 1.807) is 24.5 Å². The Labute approximate surface area is 126 Å². The van der Waals surface area contributed by atoms with E-state index < -0.39 is 10.8 Å². The molecule has 0 saturated heterocycles. The summed E-state index contributed by atoms with van der Waals surface area (Å²) in [6.07, 6.45) is 4.16. The van der Waals surface area contributed by atoms with Gasteiger partial charge < -0.3 is 10.6 Å². The van der Waals surface area contributed by atoms with Crippen LogP contribution in [0.4, 0.5) is 5.69 Å². The van der Waals surface area contributed by atoms with Gasteiger partial charge in [-0.15, -0.1) is 0 Å². The van der Waals surface area contributed by atoms with Crippen LogP contribution in [0.2, 0.25) is 5.02 Å². The van der Waals surface area contributed by atoms with Gasteiger partial charge >= 0.3 is 0 Å². The second-order valence-corrected chi connectivity index (χ2v) is 6.99. The first-order valence-electron chi connectivity index (χ1n) is 6.63. The van der Waals surface area contributed by atoms with E-state index in [4.69, 9.17) is 11.6 Å².